The smallest absolute Gasteiger partial charge is 0.244 e. The predicted molar refractivity (Wildman–Crippen MR) is 76.2 cm³/mol. The maximum atomic E-state index is 12.1. The van der Waals surface area contributed by atoms with E-state index >= 15 is 0 Å². The second kappa shape index (κ2) is 6.37. The van der Waals surface area contributed by atoms with Crippen molar-refractivity contribution < 1.29 is 12.8 Å². The zero-order valence-electron chi connectivity index (χ0n) is 12.3. The number of hydrogen-bond acceptors (Lipinski definition) is 6. The van der Waals surface area contributed by atoms with Gasteiger partial charge in [-0.2, -0.15) is 5.10 Å². The summed E-state index contributed by atoms with van der Waals surface area (Å²) < 4.78 is 33.6. The number of aryl methyl sites for hydroxylation is 2. The maximum absolute atomic E-state index is 12.1. The largest absolute Gasteiger partial charge is 0.444 e. The number of nitrogens with zero attached hydrogens (tertiary/aromatic N) is 3. The minimum atomic E-state index is -3.62. The Labute approximate surface area is 123 Å². The first kappa shape index (κ1) is 15.7. The summed E-state index contributed by atoms with van der Waals surface area (Å²) in [5.74, 6) is 1.03. The third-order valence-electron chi connectivity index (χ3n) is 3.00. The first-order valence-electron chi connectivity index (χ1n) is 6.52. The van der Waals surface area contributed by atoms with Crippen LogP contribution < -0.4 is 10.0 Å². The van der Waals surface area contributed by atoms with Crippen LogP contribution in [0.1, 0.15) is 17.3 Å². The molecule has 0 saturated carbocycles. The van der Waals surface area contributed by atoms with Gasteiger partial charge in [0.2, 0.25) is 15.9 Å². The molecule has 0 spiro atoms. The predicted octanol–water partition coefficient (Wildman–Crippen LogP) is 0.186. The van der Waals surface area contributed by atoms with Crippen molar-refractivity contribution in [3.05, 3.63) is 29.7 Å². The molecule has 0 aromatic carbocycles. The lowest BCUT2D eigenvalue weighted by Crippen LogP contribution is -2.23. The topological polar surface area (TPSA) is 102 Å². The van der Waals surface area contributed by atoms with Crippen LogP contribution in [0, 0.1) is 13.8 Å². The van der Waals surface area contributed by atoms with E-state index in [-0.39, 0.29) is 11.4 Å². The van der Waals surface area contributed by atoms with Gasteiger partial charge in [-0.05, 0) is 20.9 Å². The molecule has 0 aliphatic rings. The van der Waals surface area contributed by atoms with Crippen molar-refractivity contribution in [1.82, 2.24) is 24.8 Å². The highest BCUT2D eigenvalue weighted by atomic mass is 32.2. The number of rotatable bonds is 7. The van der Waals surface area contributed by atoms with Crippen LogP contribution in [0.4, 0.5) is 0 Å². The highest BCUT2D eigenvalue weighted by molar-refractivity contribution is 7.89. The van der Waals surface area contributed by atoms with Gasteiger partial charge in [0.25, 0.3) is 0 Å². The van der Waals surface area contributed by atoms with Crippen molar-refractivity contribution in [2.45, 2.75) is 31.8 Å². The Balaban J connectivity index is 2.02. The Kier molecular flexibility index (Phi) is 4.76. The minimum Gasteiger partial charge on any atom is -0.444 e. The number of sulfonamides is 1. The molecule has 0 amide bonds. The fraction of sp³-hybridized carbons (Fsp3) is 0.500. The van der Waals surface area contributed by atoms with Gasteiger partial charge in [0.1, 0.15) is 10.7 Å². The fourth-order valence-corrected chi connectivity index (χ4v) is 2.61. The van der Waals surface area contributed by atoms with Crippen LogP contribution in [0.25, 0.3) is 0 Å². The molecule has 0 fully saturated rings. The van der Waals surface area contributed by atoms with Gasteiger partial charge in [-0.1, -0.05) is 0 Å². The van der Waals surface area contributed by atoms with Crippen molar-refractivity contribution in [2.75, 3.05) is 13.6 Å². The third kappa shape index (κ3) is 3.90. The summed E-state index contributed by atoms with van der Waals surface area (Å²) in [5, 5.41) is 6.98. The lowest BCUT2D eigenvalue weighted by Gasteiger charge is -2.02. The van der Waals surface area contributed by atoms with Crippen molar-refractivity contribution in [1.29, 1.82) is 0 Å². The molecule has 0 radical (unpaired) electrons. The van der Waals surface area contributed by atoms with E-state index in [9.17, 15) is 8.42 Å². The van der Waals surface area contributed by atoms with Crippen LogP contribution in [0.3, 0.4) is 0 Å². The number of hydrogen-bond donors (Lipinski definition) is 2. The summed E-state index contributed by atoms with van der Waals surface area (Å²) >= 11 is 0. The van der Waals surface area contributed by atoms with Gasteiger partial charge in [-0.3, -0.25) is 4.68 Å². The van der Waals surface area contributed by atoms with Crippen LogP contribution in [-0.2, 0) is 23.1 Å². The Bertz CT molecular complexity index is 685. The maximum Gasteiger partial charge on any atom is 0.244 e. The zero-order valence-corrected chi connectivity index (χ0v) is 13.1. The average Bonchev–Trinajstić information content (AvgIpc) is 3.03. The first-order chi connectivity index (χ1) is 9.92. The van der Waals surface area contributed by atoms with Gasteiger partial charge in [0.05, 0.1) is 25.0 Å². The van der Waals surface area contributed by atoms with E-state index in [0.717, 1.165) is 5.69 Å². The standard InChI is InChI=1S/C12H19N5O3S/c1-9-10(2)20-12(16-9)7-15-21(18,19)11-6-14-17(8-11)5-4-13-3/h6,8,13,15H,4-5,7H2,1-3H3. The molecule has 0 aliphatic heterocycles. The summed E-state index contributed by atoms with van der Waals surface area (Å²) in [5.41, 5.74) is 0.754. The van der Waals surface area contributed by atoms with E-state index in [1.54, 1.807) is 11.6 Å². The summed E-state index contributed by atoms with van der Waals surface area (Å²) in [6.45, 7) is 4.92. The van der Waals surface area contributed by atoms with Gasteiger partial charge in [0.15, 0.2) is 0 Å². The molecule has 8 nitrogen and oxygen atoms in total. The highest BCUT2D eigenvalue weighted by Gasteiger charge is 2.17. The van der Waals surface area contributed by atoms with E-state index < -0.39 is 10.0 Å². The molecule has 0 unspecified atom stereocenters. The molecule has 2 rings (SSSR count). The molecule has 0 atom stereocenters. The van der Waals surface area contributed by atoms with Crippen LogP contribution in [0.15, 0.2) is 21.7 Å². The first-order valence-corrected chi connectivity index (χ1v) is 8.00. The van der Waals surface area contributed by atoms with Crippen molar-refractivity contribution in [3.8, 4) is 0 Å². The molecule has 0 bridgehead atoms. The molecule has 2 N–H and O–H groups in total. The zero-order chi connectivity index (χ0) is 15.5. The quantitative estimate of drug-likeness (QED) is 0.756. The van der Waals surface area contributed by atoms with Gasteiger partial charge < -0.3 is 9.73 Å². The fourth-order valence-electron chi connectivity index (χ4n) is 1.69. The van der Waals surface area contributed by atoms with Gasteiger partial charge >= 0.3 is 0 Å². The minimum absolute atomic E-state index is 0.0126. The van der Waals surface area contributed by atoms with E-state index in [2.05, 4.69) is 20.1 Å². The lowest BCUT2D eigenvalue weighted by atomic mass is 10.4. The van der Waals surface area contributed by atoms with E-state index in [1.165, 1.54) is 12.4 Å². The normalized spacial score (nSPS) is 12.0. The molecule has 9 heteroatoms. The Morgan fingerprint density at radius 1 is 1.38 bits per heavy atom. The van der Waals surface area contributed by atoms with E-state index in [1.807, 2.05) is 14.0 Å². The highest BCUT2D eigenvalue weighted by Crippen LogP contribution is 2.11. The molecule has 2 heterocycles. The summed E-state index contributed by atoms with van der Waals surface area (Å²) in [7, 11) is -1.80. The van der Waals surface area contributed by atoms with Crippen LogP contribution in [-0.4, -0.2) is 36.8 Å². The van der Waals surface area contributed by atoms with Gasteiger partial charge in [0, 0.05) is 12.7 Å². The van der Waals surface area contributed by atoms with Crippen molar-refractivity contribution in [2.24, 2.45) is 0 Å². The SMILES string of the molecule is CNCCn1cc(S(=O)(=O)NCc2nc(C)c(C)o2)cn1. The summed E-state index contributed by atoms with van der Waals surface area (Å²) in [6, 6.07) is 0. The number of likely N-dealkylation sites (N-methyl/N-ethyl adjacent to an activating group) is 1. The molecule has 2 aromatic rings. The van der Waals surface area contributed by atoms with Crippen molar-refractivity contribution >= 4 is 10.0 Å². The second-order valence-electron chi connectivity index (χ2n) is 4.62. The molecule has 0 aliphatic carbocycles. The Hall–Kier alpha value is -1.71. The van der Waals surface area contributed by atoms with E-state index in [4.69, 9.17) is 4.42 Å². The number of nitrogens with one attached hydrogen (secondary N) is 2. The molecule has 21 heavy (non-hydrogen) atoms. The number of aromatic nitrogens is 3. The molecule has 116 valence electrons. The Morgan fingerprint density at radius 2 is 2.14 bits per heavy atom. The summed E-state index contributed by atoms with van der Waals surface area (Å²) in [4.78, 5) is 4.25. The Morgan fingerprint density at radius 3 is 2.76 bits per heavy atom. The van der Waals surface area contributed by atoms with Crippen LogP contribution in [0.5, 0.6) is 0 Å². The molecular weight excluding hydrogens is 294 g/mol. The van der Waals surface area contributed by atoms with Crippen molar-refractivity contribution in [3.63, 3.8) is 0 Å². The van der Waals surface area contributed by atoms with Gasteiger partial charge in [-0.25, -0.2) is 18.1 Å². The van der Waals surface area contributed by atoms with E-state index in [0.29, 0.717) is 24.7 Å². The van der Waals surface area contributed by atoms with Crippen LogP contribution >= 0.6 is 0 Å². The monoisotopic (exact) mass is 313 g/mol. The second-order valence-corrected chi connectivity index (χ2v) is 6.38. The lowest BCUT2D eigenvalue weighted by molar-refractivity contribution is 0.463. The number of oxazole rings is 1. The summed E-state index contributed by atoms with van der Waals surface area (Å²) in [6.07, 6.45) is 2.82. The van der Waals surface area contributed by atoms with Crippen LogP contribution in [0.2, 0.25) is 0 Å². The average molecular weight is 313 g/mol. The third-order valence-corrected chi connectivity index (χ3v) is 4.35. The van der Waals surface area contributed by atoms with Gasteiger partial charge in [-0.15, -0.1) is 0 Å². The molecule has 2 aromatic heterocycles. The molecule has 0 saturated heterocycles. The molecular formula is C12H19N5O3S.